The third-order valence-corrected chi connectivity index (χ3v) is 4.48. The number of morpholine rings is 1. The van der Waals surface area contributed by atoms with Crippen LogP contribution in [0.3, 0.4) is 0 Å². The topological polar surface area (TPSA) is 88.2 Å². The molecule has 8 heteroatoms. The number of hydrogen-bond donors (Lipinski definition) is 1. The molecule has 144 valence electrons. The Morgan fingerprint density at radius 2 is 1.81 bits per heavy atom. The highest BCUT2D eigenvalue weighted by atomic mass is 16.5. The van der Waals surface area contributed by atoms with E-state index in [1.807, 2.05) is 4.90 Å². The molecule has 0 aromatic heterocycles. The molecule has 0 radical (unpaired) electrons. The van der Waals surface area contributed by atoms with E-state index in [-0.39, 0.29) is 30.9 Å². The molecule has 0 unspecified atom stereocenters. The van der Waals surface area contributed by atoms with E-state index >= 15 is 0 Å². The number of methoxy groups -OCH3 is 1. The minimum absolute atomic E-state index is 0.172. The van der Waals surface area contributed by atoms with Gasteiger partial charge in [-0.1, -0.05) is 12.1 Å². The maximum atomic E-state index is 13.0. The van der Waals surface area contributed by atoms with Gasteiger partial charge in [-0.3, -0.25) is 19.3 Å². The zero-order valence-electron chi connectivity index (χ0n) is 15.5. The zero-order chi connectivity index (χ0) is 19.4. The molecule has 0 saturated carbocycles. The summed E-state index contributed by atoms with van der Waals surface area (Å²) in [6.07, 6.45) is 0. The van der Waals surface area contributed by atoms with Crippen molar-refractivity contribution in [2.75, 3.05) is 51.9 Å². The van der Waals surface area contributed by atoms with E-state index in [1.54, 1.807) is 24.3 Å². The molecule has 8 nitrogen and oxygen atoms in total. The fourth-order valence-electron chi connectivity index (χ4n) is 3.21. The molecule has 1 aromatic rings. The molecule has 3 rings (SSSR count). The third kappa shape index (κ3) is 4.01. The minimum atomic E-state index is -0.328. The molecule has 27 heavy (non-hydrogen) atoms. The molecule has 1 saturated heterocycles. The van der Waals surface area contributed by atoms with Crippen molar-refractivity contribution in [1.29, 1.82) is 0 Å². The van der Waals surface area contributed by atoms with E-state index in [0.29, 0.717) is 48.8 Å². The summed E-state index contributed by atoms with van der Waals surface area (Å²) in [5.41, 5.74) is 2.07. The molecule has 0 atom stereocenters. The summed E-state index contributed by atoms with van der Waals surface area (Å²) in [4.78, 5) is 40.3. The summed E-state index contributed by atoms with van der Waals surface area (Å²) < 4.78 is 10.4. The first kappa shape index (κ1) is 19.1. The fraction of sp³-hybridized carbons (Fsp3) is 0.421. The van der Waals surface area contributed by atoms with Gasteiger partial charge in [0.2, 0.25) is 5.91 Å². The van der Waals surface area contributed by atoms with Crippen molar-refractivity contribution >= 4 is 29.0 Å². The molecule has 2 heterocycles. The van der Waals surface area contributed by atoms with Crippen LogP contribution in [0.4, 0.5) is 5.69 Å². The van der Waals surface area contributed by atoms with Gasteiger partial charge >= 0.3 is 0 Å². The summed E-state index contributed by atoms with van der Waals surface area (Å²) in [5, 5.41) is 2.69. The second-order valence-corrected chi connectivity index (χ2v) is 6.34. The van der Waals surface area contributed by atoms with Crippen LogP contribution in [-0.2, 0) is 23.9 Å². The van der Waals surface area contributed by atoms with Gasteiger partial charge in [0.15, 0.2) is 0 Å². The van der Waals surface area contributed by atoms with Crippen molar-refractivity contribution in [1.82, 2.24) is 9.80 Å². The van der Waals surface area contributed by atoms with Crippen LogP contribution in [0.15, 0.2) is 30.0 Å². The number of carbonyl (C=O) groups is 3. The van der Waals surface area contributed by atoms with Gasteiger partial charge in [0, 0.05) is 32.8 Å². The zero-order valence-corrected chi connectivity index (χ0v) is 15.5. The summed E-state index contributed by atoms with van der Waals surface area (Å²) >= 11 is 0. The summed E-state index contributed by atoms with van der Waals surface area (Å²) in [6, 6.07) is 6.92. The molecular weight excluding hydrogens is 350 g/mol. The molecule has 0 spiro atoms. The van der Waals surface area contributed by atoms with Crippen LogP contribution in [0.1, 0.15) is 12.5 Å². The maximum Gasteiger partial charge on any atom is 0.277 e. The normalized spacial score (nSPS) is 17.7. The Bertz CT molecular complexity index is 766. The predicted octanol–water partition coefficient (Wildman–Crippen LogP) is 0.703. The number of rotatable bonds is 6. The average Bonchev–Trinajstić information content (AvgIpc) is 2.91. The van der Waals surface area contributed by atoms with Gasteiger partial charge in [-0.2, -0.15) is 0 Å². The van der Waals surface area contributed by atoms with E-state index in [0.717, 1.165) is 0 Å². The molecule has 1 N–H and O–H groups in total. The Morgan fingerprint density at radius 3 is 2.41 bits per heavy atom. The molecule has 2 aliphatic rings. The van der Waals surface area contributed by atoms with E-state index in [4.69, 9.17) is 9.47 Å². The van der Waals surface area contributed by atoms with Gasteiger partial charge in [0.05, 0.1) is 31.9 Å². The first-order chi connectivity index (χ1) is 13.0. The van der Waals surface area contributed by atoms with Crippen molar-refractivity contribution in [3.8, 4) is 0 Å². The highest BCUT2D eigenvalue weighted by Gasteiger charge is 2.41. The van der Waals surface area contributed by atoms with Crippen molar-refractivity contribution in [2.24, 2.45) is 0 Å². The Labute approximate surface area is 157 Å². The number of anilines is 1. The number of benzene rings is 1. The highest BCUT2D eigenvalue weighted by molar-refractivity contribution is 6.35. The van der Waals surface area contributed by atoms with Gasteiger partial charge in [-0.15, -0.1) is 0 Å². The molecule has 3 amide bonds. The Kier molecular flexibility index (Phi) is 5.88. The lowest BCUT2D eigenvalue weighted by atomic mass is 10.0. The van der Waals surface area contributed by atoms with E-state index in [2.05, 4.69) is 5.32 Å². The van der Waals surface area contributed by atoms with Crippen LogP contribution in [0.2, 0.25) is 0 Å². The van der Waals surface area contributed by atoms with Crippen LogP contribution in [0.5, 0.6) is 0 Å². The van der Waals surface area contributed by atoms with Crippen molar-refractivity contribution in [3.05, 3.63) is 35.5 Å². The van der Waals surface area contributed by atoms with Crippen molar-refractivity contribution in [3.63, 3.8) is 0 Å². The summed E-state index contributed by atoms with van der Waals surface area (Å²) in [6.45, 7) is 4.05. The number of nitrogens with one attached hydrogen (secondary N) is 1. The van der Waals surface area contributed by atoms with Crippen LogP contribution in [0.25, 0.3) is 5.57 Å². The van der Waals surface area contributed by atoms with Crippen LogP contribution in [0, 0.1) is 0 Å². The Hall–Kier alpha value is -2.71. The SMILES string of the molecule is COCCN1C(=O)C(c2ccc(NC(C)=O)cc2)=C(N2CCOCC2)C1=O. The lowest BCUT2D eigenvalue weighted by Gasteiger charge is -2.29. The monoisotopic (exact) mass is 373 g/mol. The van der Waals surface area contributed by atoms with Gasteiger partial charge < -0.3 is 19.7 Å². The number of amides is 3. The summed E-state index contributed by atoms with van der Waals surface area (Å²) in [7, 11) is 1.53. The number of ether oxygens (including phenoxy) is 2. The lowest BCUT2D eigenvalue weighted by Crippen LogP contribution is -2.41. The molecule has 1 aromatic carbocycles. The summed E-state index contributed by atoms with van der Waals surface area (Å²) in [5.74, 6) is -0.806. The molecule has 1 fully saturated rings. The number of imide groups is 1. The highest BCUT2D eigenvalue weighted by Crippen LogP contribution is 2.32. The smallest absolute Gasteiger partial charge is 0.277 e. The standard InChI is InChI=1S/C19H23N3O5/c1-13(23)20-15-5-3-14(4-6-15)16-17(21-7-11-27-12-8-21)19(25)22(18(16)24)9-10-26-2/h3-6H,7-12H2,1-2H3,(H,20,23). The quantitative estimate of drug-likeness (QED) is 0.739. The van der Waals surface area contributed by atoms with Gasteiger partial charge in [-0.05, 0) is 17.7 Å². The van der Waals surface area contributed by atoms with Crippen molar-refractivity contribution < 1.29 is 23.9 Å². The largest absolute Gasteiger partial charge is 0.383 e. The van der Waals surface area contributed by atoms with Gasteiger partial charge in [0.1, 0.15) is 5.70 Å². The van der Waals surface area contributed by atoms with Gasteiger partial charge in [-0.25, -0.2) is 0 Å². The molecule has 0 aliphatic carbocycles. The van der Waals surface area contributed by atoms with Crippen molar-refractivity contribution in [2.45, 2.75) is 6.92 Å². The fourth-order valence-corrected chi connectivity index (χ4v) is 3.21. The van der Waals surface area contributed by atoms with Crippen LogP contribution in [-0.4, -0.2) is 74.1 Å². The Morgan fingerprint density at radius 1 is 1.15 bits per heavy atom. The average molecular weight is 373 g/mol. The predicted molar refractivity (Wildman–Crippen MR) is 98.7 cm³/mol. The van der Waals surface area contributed by atoms with E-state index in [9.17, 15) is 14.4 Å². The van der Waals surface area contributed by atoms with E-state index < -0.39 is 0 Å². The number of hydrogen-bond acceptors (Lipinski definition) is 6. The van der Waals surface area contributed by atoms with Crippen LogP contribution >= 0.6 is 0 Å². The number of carbonyl (C=O) groups excluding carboxylic acids is 3. The minimum Gasteiger partial charge on any atom is -0.383 e. The van der Waals surface area contributed by atoms with E-state index in [1.165, 1.54) is 18.9 Å². The second-order valence-electron chi connectivity index (χ2n) is 6.34. The lowest BCUT2D eigenvalue weighted by molar-refractivity contribution is -0.138. The second kappa shape index (κ2) is 8.32. The van der Waals surface area contributed by atoms with Gasteiger partial charge in [0.25, 0.3) is 11.8 Å². The molecule has 2 aliphatic heterocycles. The third-order valence-electron chi connectivity index (χ3n) is 4.48. The van der Waals surface area contributed by atoms with Crippen LogP contribution < -0.4 is 5.32 Å². The first-order valence-corrected chi connectivity index (χ1v) is 8.83. The molecular formula is C19H23N3O5. The molecule has 0 bridgehead atoms. The maximum absolute atomic E-state index is 13.0. The number of nitrogens with zero attached hydrogens (tertiary/aromatic N) is 2. The first-order valence-electron chi connectivity index (χ1n) is 8.83. The Balaban J connectivity index is 1.97.